The Balaban J connectivity index is 1.42. The van der Waals surface area contributed by atoms with Gasteiger partial charge in [0.05, 0.1) is 36.0 Å². The van der Waals surface area contributed by atoms with Crippen LogP contribution in [0.1, 0.15) is 29.7 Å². The fourth-order valence-corrected chi connectivity index (χ4v) is 5.29. The summed E-state index contributed by atoms with van der Waals surface area (Å²) in [5.41, 5.74) is 18.3. The van der Waals surface area contributed by atoms with Gasteiger partial charge in [0.1, 0.15) is 11.8 Å². The molecule has 6 rings (SSSR count). The summed E-state index contributed by atoms with van der Waals surface area (Å²) in [5.74, 6) is -1.53. The fourth-order valence-electron chi connectivity index (χ4n) is 5.29. The van der Waals surface area contributed by atoms with Crippen molar-refractivity contribution in [2.75, 3.05) is 23.7 Å². The Morgan fingerprint density at radius 2 is 1.87 bits per heavy atom. The van der Waals surface area contributed by atoms with Crippen molar-refractivity contribution < 1.29 is 8.78 Å². The Hall–Kier alpha value is -4.51. The first kappa shape index (κ1) is 24.8. The molecule has 9 nitrogen and oxygen atoms in total. The number of anilines is 2. The number of halogens is 2. The molecule has 5 aromatic rings. The molecule has 1 fully saturated rings. The Labute approximate surface area is 223 Å². The van der Waals surface area contributed by atoms with Gasteiger partial charge < -0.3 is 20.9 Å². The first-order valence-electron chi connectivity index (χ1n) is 12.6. The maximum Gasteiger partial charge on any atom is 0.165 e. The van der Waals surface area contributed by atoms with Crippen LogP contribution in [0.2, 0.25) is 0 Å². The van der Waals surface area contributed by atoms with E-state index in [2.05, 4.69) is 29.8 Å². The van der Waals surface area contributed by atoms with E-state index >= 15 is 0 Å². The molecule has 1 saturated heterocycles. The standard InChI is InChI=1S/C28H27F2N9/c1-17-9-20(5-7-33-17)28(32)6-2-8-38(14-28)24-12-34-23(18-3-4-21(29)22(30)10-18)11-19(24)13-39-16-37-25-26(31)35-15-36-27(25)39/h3-5,7,9-12,15-16H,2,6,8,13-14,32H2,1H3,(H2,31,35,36)/t28-/m1/s1. The van der Waals surface area contributed by atoms with Crippen LogP contribution in [0.15, 0.2) is 61.4 Å². The number of aryl methyl sites for hydroxylation is 1. The van der Waals surface area contributed by atoms with E-state index in [-0.39, 0.29) is 0 Å². The highest BCUT2D eigenvalue weighted by Gasteiger charge is 2.34. The molecule has 1 aliphatic rings. The van der Waals surface area contributed by atoms with Crippen LogP contribution in [0.5, 0.6) is 0 Å². The smallest absolute Gasteiger partial charge is 0.165 e. The number of hydrogen-bond acceptors (Lipinski definition) is 8. The molecular formula is C28H27F2N9. The molecule has 0 amide bonds. The van der Waals surface area contributed by atoms with Crippen LogP contribution < -0.4 is 16.4 Å². The summed E-state index contributed by atoms with van der Waals surface area (Å²) in [4.78, 5) is 24.0. The van der Waals surface area contributed by atoms with E-state index in [1.807, 2.05) is 29.7 Å². The number of fused-ring (bicyclic) bond motifs is 1. The second-order valence-corrected chi connectivity index (χ2v) is 10.00. The highest BCUT2D eigenvalue weighted by Crippen LogP contribution is 2.35. The lowest BCUT2D eigenvalue weighted by Crippen LogP contribution is -2.52. The van der Waals surface area contributed by atoms with Crippen molar-refractivity contribution in [3.8, 4) is 11.3 Å². The first-order valence-corrected chi connectivity index (χ1v) is 12.6. The lowest BCUT2D eigenvalue weighted by atomic mass is 9.83. The highest BCUT2D eigenvalue weighted by molar-refractivity contribution is 5.81. The molecule has 1 atom stereocenters. The molecule has 0 saturated carbocycles. The van der Waals surface area contributed by atoms with Crippen molar-refractivity contribution in [2.45, 2.75) is 31.8 Å². The molecule has 0 bridgehead atoms. The normalized spacial score (nSPS) is 17.6. The average Bonchev–Trinajstić information content (AvgIpc) is 3.34. The summed E-state index contributed by atoms with van der Waals surface area (Å²) < 4.78 is 29.6. The summed E-state index contributed by atoms with van der Waals surface area (Å²) in [6.45, 7) is 3.72. The van der Waals surface area contributed by atoms with Gasteiger partial charge in [-0.2, -0.15) is 0 Å². The second-order valence-electron chi connectivity index (χ2n) is 10.00. The number of pyridine rings is 2. The quantitative estimate of drug-likeness (QED) is 0.352. The molecule has 5 heterocycles. The van der Waals surface area contributed by atoms with Gasteiger partial charge >= 0.3 is 0 Å². The number of rotatable bonds is 5. The fraction of sp³-hybridized carbons (Fsp3) is 0.250. The van der Waals surface area contributed by atoms with E-state index in [1.165, 1.54) is 12.4 Å². The van der Waals surface area contributed by atoms with Crippen LogP contribution >= 0.6 is 0 Å². The third-order valence-corrected chi connectivity index (χ3v) is 7.29. The predicted molar refractivity (Wildman–Crippen MR) is 145 cm³/mol. The van der Waals surface area contributed by atoms with E-state index in [9.17, 15) is 8.78 Å². The zero-order valence-electron chi connectivity index (χ0n) is 21.4. The Morgan fingerprint density at radius 3 is 2.69 bits per heavy atom. The molecule has 0 unspecified atom stereocenters. The van der Waals surface area contributed by atoms with Crippen molar-refractivity contribution in [1.29, 1.82) is 0 Å². The lowest BCUT2D eigenvalue weighted by molar-refractivity contribution is 0.353. The zero-order chi connectivity index (χ0) is 27.1. The second kappa shape index (κ2) is 9.66. The Bertz CT molecular complexity index is 1690. The summed E-state index contributed by atoms with van der Waals surface area (Å²) >= 11 is 0. The van der Waals surface area contributed by atoms with Crippen molar-refractivity contribution in [1.82, 2.24) is 29.5 Å². The van der Waals surface area contributed by atoms with E-state index in [0.29, 0.717) is 41.3 Å². The first-order chi connectivity index (χ1) is 18.8. The number of nitrogens with zero attached hydrogens (tertiary/aromatic N) is 7. The van der Waals surface area contributed by atoms with E-state index < -0.39 is 17.2 Å². The van der Waals surface area contributed by atoms with Crippen molar-refractivity contribution in [2.24, 2.45) is 5.73 Å². The van der Waals surface area contributed by atoms with Gasteiger partial charge in [-0.05, 0) is 67.3 Å². The summed E-state index contributed by atoms with van der Waals surface area (Å²) in [6, 6.07) is 9.68. The summed E-state index contributed by atoms with van der Waals surface area (Å²) in [7, 11) is 0. The van der Waals surface area contributed by atoms with Crippen LogP contribution in [-0.4, -0.2) is 42.6 Å². The molecule has 4 N–H and O–H groups in total. The van der Waals surface area contributed by atoms with Gasteiger partial charge in [-0.25, -0.2) is 23.7 Å². The molecule has 4 aromatic heterocycles. The number of hydrogen-bond donors (Lipinski definition) is 2. The van der Waals surface area contributed by atoms with Crippen LogP contribution in [0.25, 0.3) is 22.4 Å². The molecule has 39 heavy (non-hydrogen) atoms. The van der Waals surface area contributed by atoms with E-state index in [0.717, 1.165) is 54.0 Å². The van der Waals surface area contributed by atoms with Gasteiger partial charge in [-0.3, -0.25) is 9.97 Å². The van der Waals surface area contributed by atoms with Gasteiger partial charge in [0, 0.05) is 30.5 Å². The summed E-state index contributed by atoms with van der Waals surface area (Å²) in [5, 5.41) is 0. The van der Waals surface area contributed by atoms with Crippen molar-refractivity contribution >= 4 is 22.7 Å². The SMILES string of the molecule is Cc1cc([C@@]2(N)CCCN(c3cnc(-c4ccc(F)c(F)c4)cc3Cn3cnc4c(N)ncnc43)C2)ccn1. The van der Waals surface area contributed by atoms with Gasteiger partial charge in [0.25, 0.3) is 0 Å². The lowest BCUT2D eigenvalue weighted by Gasteiger charge is -2.42. The van der Waals surface area contributed by atoms with E-state index in [1.54, 1.807) is 18.7 Å². The van der Waals surface area contributed by atoms with Gasteiger partial charge in [0.2, 0.25) is 0 Å². The minimum Gasteiger partial charge on any atom is -0.382 e. The third-order valence-electron chi connectivity index (χ3n) is 7.29. The number of piperidine rings is 1. The topological polar surface area (TPSA) is 125 Å². The highest BCUT2D eigenvalue weighted by atomic mass is 19.2. The summed E-state index contributed by atoms with van der Waals surface area (Å²) in [6.07, 6.45) is 8.36. The van der Waals surface area contributed by atoms with E-state index in [4.69, 9.17) is 11.5 Å². The Kier molecular flexibility index (Phi) is 6.15. The molecular weight excluding hydrogens is 500 g/mol. The van der Waals surface area contributed by atoms with Crippen LogP contribution in [-0.2, 0) is 12.1 Å². The molecule has 0 aliphatic carbocycles. The molecule has 11 heteroatoms. The van der Waals surface area contributed by atoms with Crippen LogP contribution in [0.3, 0.4) is 0 Å². The largest absolute Gasteiger partial charge is 0.382 e. The Morgan fingerprint density at radius 1 is 1.00 bits per heavy atom. The number of benzene rings is 1. The molecule has 1 aliphatic heterocycles. The average molecular weight is 528 g/mol. The predicted octanol–water partition coefficient (Wildman–Crippen LogP) is 3.95. The molecule has 198 valence electrons. The van der Waals surface area contributed by atoms with Crippen molar-refractivity contribution in [3.05, 3.63) is 89.9 Å². The monoisotopic (exact) mass is 527 g/mol. The minimum atomic E-state index is -0.927. The van der Waals surface area contributed by atoms with Crippen LogP contribution in [0.4, 0.5) is 20.3 Å². The number of imidazole rings is 1. The van der Waals surface area contributed by atoms with Crippen molar-refractivity contribution in [3.63, 3.8) is 0 Å². The maximum absolute atomic E-state index is 14.1. The molecule has 0 spiro atoms. The van der Waals surface area contributed by atoms with Gasteiger partial charge in [-0.15, -0.1) is 0 Å². The zero-order valence-corrected chi connectivity index (χ0v) is 21.4. The number of nitrogens with two attached hydrogens (primary N) is 2. The molecule has 1 aromatic carbocycles. The minimum absolute atomic E-state index is 0.299. The maximum atomic E-state index is 14.1. The number of nitrogen functional groups attached to an aromatic ring is 1. The molecule has 0 radical (unpaired) electrons. The number of aromatic nitrogens is 6. The third kappa shape index (κ3) is 4.65. The van der Waals surface area contributed by atoms with Crippen LogP contribution in [0, 0.1) is 18.6 Å². The van der Waals surface area contributed by atoms with Gasteiger partial charge in [-0.1, -0.05) is 0 Å². The van der Waals surface area contributed by atoms with Gasteiger partial charge in [0.15, 0.2) is 23.1 Å².